The molecule has 0 spiro atoms. The highest BCUT2D eigenvalue weighted by molar-refractivity contribution is 7.13. The highest BCUT2D eigenvalue weighted by atomic mass is 35.5. The van der Waals surface area contributed by atoms with Crippen LogP contribution in [0.1, 0.15) is 12.1 Å². The van der Waals surface area contributed by atoms with E-state index < -0.39 is 0 Å². The number of aryl methyl sites for hydroxylation is 1. The molecule has 0 aliphatic carbocycles. The minimum Gasteiger partial charge on any atom is -0.325 e. The summed E-state index contributed by atoms with van der Waals surface area (Å²) >= 11 is 13.5. The number of hydrogen-bond donors (Lipinski definition) is 1. The van der Waals surface area contributed by atoms with Gasteiger partial charge in [-0.3, -0.25) is 9.78 Å². The molecule has 0 bridgehead atoms. The number of carbonyl (C=O) groups excluding carboxylic acids is 1. The zero-order valence-electron chi connectivity index (χ0n) is 12.5. The van der Waals surface area contributed by atoms with Gasteiger partial charge in [0.05, 0.1) is 16.4 Å². The van der Waals surface area contributed by atoms with E-state index in [0.29, 0.717) is 28.6 Å². The molecule has 3 rings (SSSR count). The van der Waals surface area contributed by atoms with E-state index in [4.69, 9.17) is 23.2 Å². The van der Waals surface area contributed by atoms with Crippen LogP contribution in [0.5, 0.6) is 0 Å². The predicted octanol–water partition coefficient (Wildman–Crippen LogP) is 5.08. The normalized spacial score (nSPS) is 10.6. The fraction of sp³-hybridized carbons (Fsp3) is 0.118. The zero-order chi connectivity index (χ0) is 16.9. The lowest BCUT2D eigenvalue weighted by Crippen LogP contribution is -2.12. The third-order valence-corrected chi connectivity index (χ3v) is 4.79. The molecule has 2 aromatic heterocycles. The molecule has 24 heavy (non-hydrogen) atoms. The van der Waals surface area contributed by atoms with Crippen molar-refractivity contribution in [1.82, 2.24) is 9.97 Å². The second-order valence-corrected chi connectivity index (χ2v) is 6.75. The number of carbonyl (C=O) groups is 1. The van der Waals surface area contributed by atoms with Gasteiger partial charge in [0.15, 0.2) is 0 Å². The predicted molar refractivity (Wildman–Crippen MR) is 98.8 cm³/mol. The molecule has 0 unspecified atom stereocenters. The molecule has 2 heterocycles. The Kier molecular flexibility index (Phi) is 5.45. The van der Waals surface area contributed by atoms with Gasteiger partial charge in [0.2, 0.25) is 5.91 Å². The second kappa shape index (κ2) is 7.75. The lowest BCUT2D eigenvalue weighted by atomic mass is 10.2. The SMILES string of the molecule is O=C(CCc1csc(-c2ccncc2)n1)Nc1cc(Cl)ccc1Cl. The molecule has 0 saturated heterocycles. The maximum atomic E-state index is 12.1. The Balaban J connectivity index is 1.59. The number of nitrogens with zero attached hydrogens (tertiary/aromatic N) is 2. The number of halogens is 2. The summed E-state index contributed by atoms with van der Waals surface area (Å²) < 4.78 is 0. The summed E-state index contributed by atoms with van der Waals surface area (Å²) in [6.45, 7) is 0. The maximum absolute atomic E-state index is 12.1. The third-order valence-electron chi connectivity index (χ3n) is 3.29. The van der Waals surface area contributed by atoms with Gasteiger partial charge >= 0.3 is 0 Å². The number of hydrogen-bond acceptors (Lipinski definition) is 4. The monoisotopic (exact) mass is 377 g/mol. The molecule has 1 amide bonds. The molecule has 0 aliphatic rings. The van der Waals surface area contributed by atoms with E-state index in [1.54, 1.807) is 41.9 Å². The average Bonchev–Trinajstić information content (AvgIpc) is 3.06. The van der Waals surface area contributed by atoms with E-state index in [-0.39, 0.29) is 5.91 Å². The first-order valence-corrected chi connectivity index (χ1v) is 8.85. The van der Waals surface area contributed by atoms with Crippen molar-refractivity contribution in [3.8, 4) is 10.6 Å². The Hall–Kier alpha value is -1.95. The first-order chi connectivity index (χ1) is 11.6. The van der Waals surface area contributed by atoms with Crippen LogP contribution in [0.2, 0.25) is 10.0 Å². The first kappa shape index (κ1) is 16.9. The van der Waals surface area contributed by atoms with Crippen LogP contribution in [0, 0.1) is 0 Å². The van der Waals surface area contributed by atoms with Gasteiger partial charge in [-0.05, 0) is 36.8 Å². The molecule has 4 nitrogen and oxygen atoms in total. The molecule has 3 aromatic rings. The van der Waals surface area contributed by atoms with E-state index in [1.165, 1.54) is 0 Å². The highest BCUT2D eigenvalue weighted by Crippen LogP contribution is 2.26. The van der Waals surface area contributed by atoms with Gasteiger partial charge in [-0.2, -0.15) is 0 Å². The molecule has 1 aromatic carbocycles. The van der Waals surface area contributed by atoms with Gasteiger partial charge in [-0.1, -0.05) is 23.2 Å². The van der Waals surface area contributed by atoms with Crippen molar-refractivity contribution in [3.63, 3.8) is 0 Å². The average molecular weight is 378 g/mol. The van der Waals surface area contributed by atoms with Gasteiger partial charge in [-0.15, -0.1) is 11.3 Å². The standard InChI is InChI=1S/C17H13Cl2N3OS/c18-12-1-3-14(19)15(9-12)22-16(23)4-2-13-10-24-17(21-13)11-5-7-20-8-6-11/h1,3,5-10H,2,4H2,(H,22,23). The van der Waals surface area contributed by atoms with Crippen LogP contribution in [-0.2, 0) is 11.2 Å². The molecule has 122 valence electrons. The lowest BCUT2D eigenvalue weighted by molar-refractivity contribution is -0.116. The summed E-state index contributed by atoms with van der Waals surface area (Å²) in [4.78, 5) is 20.6. The molecule has 1 N–H and O–H groups in total. The topological polar surface area (TPSA) is 54.9 Å². The maximum Gasteiger partial charge on any atom is 0.224 e. The van der Waals surface area contributed by atoms with Crippen molar-refractivity contribution in [1.29, 1.82) is 0 Å². The van der Waals surface area contributed by atoms with Crippen LogP contribution < -0.4 is 5.32 Å². The number of amides is 1. The van der Waals surface area contributed by atoms with E-state index in [0.717, 1.165) is 16.3 Å². The molecular formula is C17H13Cl2N3OS. The molecule has 0 saturated carbocycles. The summed E-state index contributed by atoms with van der Waals surface area (Å²) in [5.74, 6) is -0.127. The second-order valence-electron chi connectivity index (χ2n) is 5.05. The van der Waals surface area contributed by atoms with Crippen LogP contribution in [0.3, 0.4) is 0 Å². The Morgan fingerprint density at radius 3 is 2.75 bits per heavy atom. The number of thiazole rings is 1. The Labute approximate surface area is 153 Å². The van der Waals surface area contributed by atoms with Crippen molar-refractivity contribution in [3.05, 3.63) is 63.8 Å². The highest BCUT2D eigenvalue weighted by Gasteiger charge is 2.09. The number of rotatable bonds is 5. The van der Waals surface area contributed by atoms with Gasteiger partial charge in [0.25, 0.3) is 0 Å². The van der Waals surface area contributed by atoms with Crippen molar-refractivity contribution in [2.24, 2.45) is 0 Å². The van der Waals surface area contributed by atoms with Crippen molar-refractivity contribution >= 4 is 46.1 Å². The fourth-order valence-electron chi connectivity index (χ4n) is 2.10. The van der Waals surface area contributed by atoms with Crippen LogP contribution in [-0.4, -0.2) is 15.9 Å². The summed E-state index contributed by atoms with van der Waals surface area (Å²) in [6, 6.07) is 8.79. The summed E-state index contributed by atoms with van der Waals surface area (Å²) in [7, 11) is 0. The van der Waals surface area contributed by atoms with E-state index in [9.17, 15) is 4.79 Å². The van der Waals surface area contributed by atoms with Gasteiger partial charge in [0.1, 0.15) is 5.01 Å². The Morgan fingerprint density at radius 2 is 1.96 bits per heavy atom. The lowest BCUT2D eigenvalue weighted by Gasteiger charge is -2.07. The summed E-state index contributed by atoms with van der Waals surface area (Å²) in [5, 5.41) is 6.65. The Bertz CT molecular complexity index is 852. The zero-order valence-corrected chi connectivity index (χ0v) is 14.8. The van der Waals surface area contributed by atoms with Crippen molar-refractivity contribution in [2.75, 3.05) is 5.32 Å². The smallest absolute Gasteiger partial charge is 0.224 e. The molecule has 0 aliphatic heterocycles. The van der Waals surface area contributed by atoms with Crippen LogP contribution in [0.25, 0.3) is 10.6 Å². The van der Waals surface area contributed by atoms with E-state index >= 15 is 0 Å². The number of nitrogens with one attached hydrogen (secondary N) is 1. The summed E-state index contributed by atoms with van der Waals surface area (Å²) in [6.07, 6.45) is 4.35. The number of benzene rings is 1. The minimum atomic E-state index is -0.127. The molecule has 0 radical (unpaired) electrons. The van der Waals surface area contributed by atoms with Gasteiger partial charge in [0, 0.05) is 34.8 Å². The third kappa shape index (κ3) is 4.32. The van der Waals surface area contributed by atoms with Crippen LogP contribution in [0.15, 0.2) is 48.1 Å². The number of anilines is 1. The fourth-order valence-corrected chi connectivity index (χ4v) is 3.29. The van der Waals surface area contributed by atoms with Gasteiger partial charge < -0.3 is 5.32 Å². The van der Waals surface area contributed by atoms with Crippen LogP contribution in [0.4, 0.5) is 5.69 Å². The number of pyridine rings is 1. The molecular weight excluding hydrogens is 365 g/mol. The van der Waals surface area contributed by atoms with Crippen molar-refractivity contribution in [2.45, 2.75) is 12.8 Å². The van der Waals surface area contributed by atoms with Crippen molar-refractivity contribution < 1.29 is 4.79 Å². The van der Waals surface area contributed by atoms with Crippen LogP contribution >= 0.6 is 34.5 Å². The molecule has 0 atom stereocenters. The van der Waals surface area contributed by atoms with E-state index in [2.05, 4.69) is 15.3 Å². The number of aromatic nitrogens is 2. The van der Waals surface area contributed by atoms with Gasteiger partial charge in [-0.25, -0.2) is 4.98 Å². The first-order valence-electron chi connectivity index (χ1n) is 7.21. The molecule has 0 fully saturated rings. The quantitative estimate of drug-likeness (QED) is 0.673. The summed E-state index contributed by atoms with van der Waals surface area (Å²) in [5.41, 5.74) is 2.43. The largest absolute Gasteiger partial charge is 0.325 e. The minimum absolute atomic E-state index is 0.127. The molecule has 7 heteroatoms. The van der Waals surface area contributed by atoms with E-state index in [1.807, 2.05) is 17.5 Å². The Morgan fingerprint density at radius 1 is 1.17 bits per heavy atom.